The topological polar surface area (TPSA) is 128 Å². The van der Waals surface area contributed by atoms with E-state index in [1.54, 1.807) is 66.7 Å². The quantitative estimate of drug-likeness (QED) is 0.178. The van der Waals surface area contributed by atoms with Crippen molar-refractivity contribution < 1.29 is 22.9 Å². The molecule has 0 aliphatic heterocycles. The van der Waals surface area contributed by atoms with Crippen molar-refractivity contribution in [1.82, 2.24) is 0 Å². The number of nitro groups is 1. The number of anilines is 3. The van der Waals surface area contributed by atoms with E-state index in [-0.39, 0.29) is 27.6 Å². The molecule has 0 radical (unpaired) electrons. The molecule has 0 spiro atoms. The molecule has 4 aromatic carbocycles. The minimum Gasteiger partial charge on any atom is -0.497 e. The van der Waals surface area contributed by atoms with E-state index >= 15 is 0 Å². The molecule has 0 amide bonds. The summed E-state index contributed by atoms with van der Waals surface area (Å²) in [5, 5.41) is 14.6. The zero-order valence-electron chi connectivity index (χ0n) is 19.0. The number of carbonyl (C=O) groups is 1. The second-order valence-electron chi connectivity index (χ2n) is 7.67. The third-order valence-corrected chi connectivity index (χ3v) is 6.64. The predicted octanol–water partition coefficient (Wildman–Crippen LogP) is 5.38. The van der Waals surface area contributed by atoms with Gasteiger partial charge in [-0.2, -0.15) is 0 Å². The molecule has 36 heavy (non-hydrogen) atoms. The fourth-order valence-corrected chi connectivity index (χ4v) is 4.53. The summed E-state index contributed by atoms with van der Waals surface area (Å²) in [6.45, 7) is 0. The highest BCUT2D eigenvalue weighted by molar-refractivity contribution is 7.92. The monoisotopic (exact) mass is 503 g/mol. The first-order chi connectivity index (χ1) is 17.3. The van der Waals surface area contributed by atoms with Crippen LogP contribution in [0.3, 0.4) is 0 Å². The van der Waals surface area contributed by atoms with Crippen molar-refractivity contribution in [3.05, 3.63) is 118 Å². The Balaban J connectivity index is 1.58. The highest BCUT2D eigenvalue weighted by Crippen LogP contribution is 2.31. The summed E-state index contributed by atoms with van der Waals surface area (Å²) >= 11 is 0. The zero-order chi connectivity index (χ0) is 25.7. The van der Waals surface area contributed by atoms with Crippen molar-refractivity contribution in [2.75, 3.05) is 17.1 Å². The van der Waals surface area contributed by atoms with E-state index in [0.29, 0.717) is 17.0 Å². The van der Waals surface area contributed by atoms with Crippen LogP contribution in [-0.4, -0.2) is 26.2 Å². The van der Waals surface area contributed by atoms with Gasteiger partial charge >= 0.3 is 0 Å². The van der Waals surface area contributed by atoms with E-state index in [2.05, 4.69) is 10.0 Å². The minimum absolute atomic E-state index is 0.142. The molecule has 4 rings (SSSR count). The maximum Gasteiger partial charge on any atom is 0.294 e. The molecule has 0 aliphatic rings. The van der Waals surface area contributed by atoms with Gasteiger partial charge in [-0.05, 0) is 60.7 Å². The Bertz CT molecular complexity index is 1520. The molecule has 0 bridgehead atoms. The maximum atomic E-state index is 13.0. The van der Waals surface area contributed by atoms with Crippen molar-refractivity contribution >= 4 is 38.6 Å². The van der Waals surface area contributed by atoms with Gasteiger partial charge in [-0.3, -0.25) is 19.6 Å². The van der Waals surface area contributed by atoms with Crippen LogP contribution >= 0.6 is 0 Å². The smallest absolute Gasteiger partial charge is 0.294 e. The Kier molecular flexibility index (Phi) is 6.98. The molecule has 9 nitrogen and oxygen atoms in total. The highest BCUT2D eigenvalue weighted by Gasteiger charge is 2.22. The van der Waals surface area contributed by atoms with E-state index in [9.17, 15) is 23.3 Å². The van der Waals surface area contributed by atoms with E-state index in [1.807, 2.05) is 0 Å². The summed E-state index contributed by atoms with van der Waals surface area (Å²) in [5.41, 5.74) is 1.19. The highest BCUT2D eigenvalue weighted by atomic mass is 32.2. The van der Waals surface area contributed by atoms with Crippen LogP contribution in [0, 0.1) is 10.1 Å². The van der Waals surface area contributed by atoms with Crippen LogP contribution in [0.1, 0.15) is 15.9 Å². The number of nitrogens with one attached hydrogen (secondary N) is 2. The second-order valence-corrected chi connectivity index (χ2v) is 9.35. The summed E-state index contributed by atoms with van der Waals surface area (Å²) in [6.07, 6.45) is 0. The van der Waals surface area contributed by atoms with Crippen LogP contribution in [0.25, 0.3) is 0 Å². The fourth-order valence-electron chi connectivity index (χ4n) is 3.46. The molecule has 0 heterocycles. The van der Waals surface area contributed by atoms with Crippen molar-refractivity contribution in [2.45, 2.75) is 4.90 Å². The molecule has 0 fully saturated rings. The molecular weight excluding hydrogens is 482 g/mol. The Morgan fingerprint density at radius 3 is 2.19 bits per heavy atom. The van der Waals surface area contributed by atoms with Gasteiger partial charge in [-0.25, -0.2) is 8.42 Å². The van der Waals surface area contributed by atoms with Crippen molar-refractivity contribution in [2.24, 2.45) is 0 Å². The lowest BCUT2D eigenvalue weighted by molar-refractivity contribution is -0.384. The third-order valence-electron chi connectivity index (χ3n) is 5.26. The lowest BCUT2D eigenvalue weighted by atomic mass is 10.0. The molecule has 0 saturated carbocycles. The SMILES string of the molecule is COc1ccc(C(=O)c2cccc(NS(=O)(=O)c3ccc(Nc4ccccc4)c([N+](=O)[O-])c3)c2)cc1. The fraction of sp³-hybridized carbons (Fsp3) is 0.0385. The van der Waals surface area contributed by atoms with Gasteiger partial charge in [0.25, 0.3) is 15.7 Å². The first kappa shape index (κ1) is 24.4. The van der Waals surface area contributed by atoms with Gasteiger partial charge in [-0.15, -0.1) is 0 Å². The number of ketones is 1. The molecule has 182 valence electrons. The Morgan fingerprint density at radius 2 is 1.53 bits per heavy atom. The number of nitro benzene ring substituents is 1. The summed E-state index contributed by atoms with van der Waals surface area (Å²) in [4.78, 5) is 23.5. The molecule has 10 heteroatoms. The lowest BCUT2D eigenvalue weighted by Gasteiger charge is -2.11. The van der Waals surface area contributed by atoms with E-state index in [1.165, 1.54) is 31.4 Å². The molecule has 0 saturated heterocycles. The number of ether oxygens (including phenoxy) is 1. The number of benzene rings is 4. The number of rotatable bonds is 9. The number of carbonyl (C=O) groups excluding carboxylic acids is 1. The molecule has 0 unspecified atom stereocenters. The van der Waals surface area contributed by atoms with E-state index in [4.69, 9.17) is 4.74 Å². The van der Waals surface area contributed by atoms with Gasteiger partial charge in [-0.1, -0.05) is 30.3 Å². The lowest BCUT2D eigenvalue weighted by Crippen LogP contribution is -2.14. The number of hydrogen-bond donors (Lipinski definition) is 2. The Labute approximate surface area is 207 Å². The van der Waals surface area contributed by atoms with Crippen molar-refractivity contribution in [3.8, 4) is 5.75 Å². The standard InChI is InChI=1S/C26H21N3O6S/c1-35-22-12-10-18(11-13-22)26(30)19-6-5-9-21(16-19)28-36(33,34)23-14-15-24(25(17-23)29(31)32)27-20-7-3-2-4-8-20/h2-17,27-28H,1H3. The molecular formula is C26H21N3O6S. The van der Waals surface area contributed by atoms with Gasteiger partial charge in [0, 0.05) is 28.6 Å². The molecule has 2 N–H and O–H groups in total. The van der Waals surface area contributed by atoms with E-state index in [0.717, 1.165) is 6.07 Å². The largest absolute Gasteiger partial charge is 0.497 e. The van der Waals surface area contributed by atoms with Crippen molar-refractivity contribution in [3.63, 3.8) is 0 Å². The maximum absolute atomic E-state index is 13.0. The van der Waals surface area contributed by atoms with Crippen LogP contribution in [-0.2, 0) is 10.0 Å². The number of para-hydroxylation sites is 1. The third kappa shape index (κ3) is 5.50. The summed E-state index contributed by atoms with van der Waals surface area (Å²) in [7, 11) is -2.66. The molecule has 0 aromatic heterocycles. The first-order valence-electron chi connectivity index (χ1n) is 10.7. The molecule has 0 atom stereocenters. The number of hydrogen-bond acceptors (Lipinski definition) is 7. The Morgan fingerprint density at radius 1 is 0.833 bits per heavy atom. The van der Waals surface area contributed by atoms with E-state index < -0.39 is 20.6 Å². The predicted molar refractivity (Wildman–Crippen MR) is 136 cm³/mol. The first-order valence-corrected chi connectivity index (χ1v) is 12.2. The number of sulfonamides is 1. The molecule has 0 aliphatic carbocycles. The zero-order valence-corrected chi connectivity index (χ0v) is 19.9. The van der Waals surface area contributed by atoms with Gasteiger partial charge in [0.1, 0.15) is 11.4 Å². The summed E-state index contributed by atoms with van der Waals surface area (Å²) in [6, 6.07) is 24.9. The summed E-state index contributed by atoms with van der Waals surface area (Å²) in [5.74, 6) is 0.304. The van der Waals surface area contributed by atoms with Crippen LogP contribution in [0.5, 0.6) is 5.75 Å². The van der Waals surface area contributed by atoms with Crippen LogP contribution in [0.15, 0.2) is 102 Å². The van der Waals surface area contributed by atoms with Gasteiger partial charge in [0.2, 0.25) is 0 Å². The Hall–Kier alpha value is -4.70. The average molecular weight is 504 g/mol. The number of nitrogens with zero attached hydrogens (tertiary/aromatic N) is 1. The molecule has 4 aromatic rings. The van der Waals surface area contributed by atoms with Gasteiger partial charge in [0.15, 0.2) is 5.78 Å². The number of methoxy groups -OCH3 is 1. The van der Waals surface area contributed by atoms with Crippen LogP contribution in [0.2, 0.25) is 0 Å². The average Bonchev–Trinajstić information content (AvgIpc) is 2.89. The van der Waals surface area contributed by atoms with Crippen molar-refractivity contribution in [1.29, 1.82) is 0 Å². The van der Waals surface area contributed by atoms with Crippen LogP contribution in [0.4, 0.5) is 22.7 Å². The second kappa shape index (κ2) is 10.3. The minimum atomic E-state index is -4.19. The van der Waals surface area contributed by atoms with Gasteiger partial charge < -0.3 is 10.1 Å². The summed E-state index contributed by atoms with van der Waals surface area (Å²) < 4.78 is 33.5. The van der Waals surface area contributed by atoms with Gasteiger partial charge in [0.05, 0.1) is 16.9 Å². The normalized spacial score (nSPS) is 10.9. The van der Waals surface area contributed by atoms with Crippen LogP contribution < -0.4 is 14.8 Å².